The molecule has 0 aliphatic carbocycles. The molecule has 0 spiro atoms. The van der Waals surface area contributed by atoms with E-state index in [0.717, 1.165) is 11.1 Å². The second-order valence-electron chi connectivity index (χ2n) is 7.56. The van der Waals surface area contributed by atoms with Gasteiger partial charge in [0.15, 0.2) is 0 Å². The monoisotopic (exact) mass is 473 g/mol. The van der Waals surface area contributed by atoms with Gasteiger partial charge in [0.05, 0.1) is 21.5 Å². The van der Waals surface area contributed by atoms with E-state index in [-0.39, 0.29) is 21.4 Å². The molecule has 8 heteroatoms. The van der Waals surface area contributed by atoms with Gasteiger partial charge >= 0.3 is 5.97 Å². The highest BCUT2D eigenvalue weighted by Crippen LogP contribution is 2.22. The van der Waals surface area contributed by atoms with Crippen LogP contribution >= 0.6 is 11.6 Å². The normalized spacial score (nSPS) is 13.5. The van der Waals surface area contributed by atoms with E-state index in [0.29, 0.717) is 18.0 Å². The largest absolute Gasteiger partial charge is 0.478 e. The summed E-state index contributed by atoms with van der Waals surface area (Å²) in [6.07, 6.45) is -0.00389. The Kier molecular flexibility index (Phi) is 7.69. The zero-order chi connectivity index (χ0) is 23.3. The van der Waals surface area contributed by atoms with Crippen molar-refractivity contribution in [3.8, 4) is 0 Å². The first-order valence-electron chi connectivity index (χ1n) is 10.0. The lowest BCUT2D eigenvalue weighted by Crippen LogP contribution is -2.32. The van der Waals surface area contributed by atoms with Gasteiger partial charge < -0.3 is 15.5 Å². The maximum Gasteiger partial charge on any atom is 0.335 e. The van der Waals surface area contributed by atoms with E-state index in [1.807, 2.05) is 6.92 Å². The van der Waals surface area contributed by atoms with Crippen LogP contribution in [0.5, 0.6) is 0 Å². The zero-order valence-corrected chi connectivity index (χ0v) is 19.0. The topological polar surface area (TPSA) is 104 Å². The van der Waals surface area contributed by atoms with Gasteiger partial charge in [-0.05, 0) is 73.0 Å². The fraction of sp³-hybridized carbons (Fsp3) is 0.208. The number of aliphatic hydroxyl groups is 1. The first-order valence-corrected chi connectivity index (χ1v) is 11.9. The molecule has 0 heterocycles. The lowest BCUT2D eigenvalue weighted by molar-refractivity contribution is 0.0696. The van der Waals surface area contributed by atoms with Crippen molar-refractivity contribution < 1.29 is 23.4 Å². The van der Waals surface area contributed by atoms with Crippen molar-refractivity contribution >= 4 is 27.4 Å². The maximum atomic E-state index is 12.8. The quantitative estimate of drug-likeness (QED) is 0.432. The summed E-state index contributed by atoms with van der Waals surface area (Å²) in [6.45, 7) is 2.37. The van der Waals surface area contributed by atoms with Gasteiger partial charge in [-0.3, -0.25) is 0 Å². The minimum atomic E-state index is -3.73. The van der Waals surface area contributed by atoms with Crippen molar-refractivity contribution in [2.45, 2.75) is 35.3 Å². The van der Waals surface area contributed by atoms with Gasteiger partial charge in [0.2, 0.25) is 9.84 Å². The van der Waals surface area contributed by atoms with Crippen molar-refractivity contribution in [3.05, 3.63) is 94.5 Å². The summed E-state index contributed by atoms with van der Waals surface area (Å²) in [6, 6.07) is 18.8. The van der Waals surface area contributed by atoms with Crippen molar-refractivity contribution in [2.24, 2.45) is 0 Å². The summed E-state index contributed by atoms with van der Waals surface area (Å²) < 4.78 is 25.6. The minimum Gasteiger partial charge on any atom is -0.478 e. The number of carbonyl (C=O) groups is 1. The highest BCUT2D eigenvalue weighted by atomic mass is 35.5. The van der Waals surface area contributed by atoms with Gasteiger partial charge in [0, 0.05) is 17.6 Å². The fourth-order valence-electron chi connectivity index (χ4n) is 3.26. The second-order valence-corrected chi connectivity index (χ2v) is 9.94. The van der Waals surface area contributed by atoms with Crippen LogP contribution in [-0.2, 0) is 16.3 Å². The molecule has 6 nitrogen and oxygen atoms in total. The lowest BCUT2D eigenvalue weighted by atomic mass is 10.1. The number of carboxylic acids is 1. The minimum absolute atomic E-state index is 0.0296. The molecule has 3 rings (SSSR count). The molecule has 3 N–H and O–H groups in total. The Balaban J connectivity index is 1.59. The molecule has 2 atom stereocenters. The van der Waals surface area contributed by atoms with Crippen LogP contribution in [-0.4, -0.2) is 37.2 Å². The number of halogens is 1. The third-order valence-corrected chi connectivity index (χ3v) is 7.14. The Bertz CT molecular complexity index is 1160. The zero-order valence-electron chi connectivity index (χ0n) is 17.4. The van der Waals surface area contributed by atoms with E-state index in [9.17, 15) is 18.3 Å². The molecule has 0 unspecified atom stereocenters. The third kappa shape index (κ3) is 5.95. The number of sulfone groups is 1. The maximum absolute atomic E-state index is 12.8. The average Bonchev–Trinajstić information content (AvgIpc) is 2.78. The van der Waals surface area contributed by atoms with Crippen molar-refractivity contribution in [1.82, 2.24) is 5.32 Å². The third-order valence-electron chi connectivity index (χ3n) is 5.10. The number of hydrogen-bond donors (Lipinski definition) is 3. The number of benzene rings is 3. The molecule has 0 bridgehead atoms. The molecule has 32 heavy (non-hydrogen) atoms. The number of nitrogens with one attached hydrogen (secondary N) is 1. The highest BCUT2D eigenvalue weighted by molar-refractivity contribution is 7.91. The molecule has 0 aliphatic rings. The predicted molar refractivity (Wildman–Crippen MR) is 123 cm³/mol. The molecule has 0 aromatic heterocycles. The number of hydrogen-bond acceptors (Lipinski definition) is 5. The van der Waals surface area contributed by atoms with Crippen LogP contribution < -0.4 is 5.32 Å². The van der Waals surface area contributed by atoms with Gasteiger partial charge in [-0.1, -0.05) is 35.9 Å². The summed E-state index contributed by atoms with van der Waals surface area (Å²) >= 11 is 5.87. The number of aromatic carboxylic acids is 1. The molecule has 0 radical (unpaired) electrons. The van der Waals surface area contributed by atoms with Crippen LogP contribution in [0.2, 0.25) is 5.02 Å². The molecule has 0 amide bonds. The van der Waals surface area contributed by atoms with Gasteiger partial charge in [0.25, 0.3) is 0 Å². The van der Waals surface area contributed by atoms with Gasteiger partial charge in [0.1, 0.15) is 0 Å². The van der Waals surface area contributed by atoms with E-state index in [1.54, 1.807) is 48.5 Å². The second kappa shape index (κ2) is 10.3. The summed E-state index contributed by atoms with van der Waals surface area (Å²) in [5.74, 6) is -1.11. The molecule has 3 aromatic rings. The van der Waals surface area contributed by atoms with Gasteiger partial charge in [-0.25, -0.2) is 13.2 Å². The van der Waals surface area contributed by atoms with E-state index in [1.165, 1.54) is 24.3 Å². The Morgan fingerprint density at radius 2 is 1.47 bits per heavy atom. The highest BCUT2D eigenvalue weighted by Gasteiger charge is 2.18. The Morgan fingerprint density at radius 3 is 2.00 bits per heavy atom. The molecular formula is C24H24ClNO5S. The molecular weight excluding hydrogens is 450 g/mol. The van der Waals surface area contributed by atoms with Crippen molar-refractivity contribution in [3.63, 3.8) is 0 Å². The Morgan fingerprint density at radius 1 is 0.938 bits per heavy atom. The van der Waals surface area contributed by atoms with E-state index in [2.05, 4.69) is 5.32 Å². The van der Waals surface area contributed by atoms with Crippen LogP contribution in [0, 0.1) is 0 Å². The van der Waals surface area contributed by atoms with Crippen LogP contribution in [0.25, 0.3) is 0 Å². The Hall–Kier alpha value is -2.71. The first-order chi connectivity index (χ1) is 15.2. The SMILES string of the molecule is C[C@H](Cc1ccc(S(=O)(=O)c2ccc(C(=O)O)cc2)cc1)NC[C@H](O)c1ccc(Cl)cc1. The summed E-state index contributed by atoms with van der Waals surface area (Å²) in [5, 5.41) is 23.2. The molecule has 0 aliphatic heterocycles. The van der Waals surface area contributed by atoms with Crippen LogP contribution in [0.1, 0.15) is 34.5 Å². The molecule has 0 saturated carbocycles. The predicted octanol–water partition coefficient (Wildman–Crippen LogP) is 4.13. The standard InChI is InChI=1S/C24H24ClNO5S/c1-16(26-15-23(27)18-4-8-20(25)9-5-18)14-17-2-10-21(11-3-17)32(30,31)22-12-6-19(7-13-22)24(28)29/h2-13,16,23,26-27H,14-15H2,1H3,(H,28,29)/t16-,23+/m1/s1. The summed E-state index contributed by atoms with van der Waals surface area (Å²) in [5.41, 5.74) is 1.76. The summed E-state index contributed by atoms with van der Waals surface area (Å²) in [4.78, 5) is 11.1. The van der Waals surface area contributed by atoms with Crippen LogP contribution in [0.4, 0.5) is 0 Å². The van der Waals surface area contributed by atoms with Gasteiger partial charge in [-0.2, -0.15) is 0 Å². The smallest absolute Gasteiger partial charge is 0.335 e. The molecule has 0 fully saturated rings. The van der Waals surface area contributed by atoms with Crippen LogP contribution in [0.15, 0.2) is 82.6 Å². The van der Waals surface area contributed by atoms with Crippen molar-refractivity contribution in [2.75, 3.05) is 6.54 Å². The molecule has 168 valence electrons. The molecule has 3 aromatic carbocycles. The van der Waals surface area contributed by atoms with Crippen LogP contribution in [0.3, 0.4) is 0 Å². The van der Waals surface area contributed by atoms with Crippen molar-refractivity contribution in [1.29, 1.82) is 0 Å². The number of rotatable bonds is 9. The summed E-state index contributed by atoms with van der Waals surface area (Å²) in [7, 11) is -3.73. The Labute approximate surface area is 192 Å². The number of aliphatic hydroxyl groups excluding tert-OH is 1. The van der Waals surface area contributed by atoms with E-state index in [4.69, 9.17) is 16.7 Å². The number of carboxylic acid groups (broad SMARTS) is 1. The fourth-order valence-corrected chi connectivity index (χ4v) is 4.65. The van der Waals surface area contributed by atoms with E-state index >= 15 is 0 Å². The first kappa shape index (κ1) is 23.9. The van der Waals surface area contributed by atoms with Gasteiger partial charge in [-0.15, -0.1) is 0 Å². The lowest BCUT2D eigenvalue weighted by Gasteiger charge is -2.18. The van der Waals surface area contributed by atoms with E-state index < -0.39 is 21.9 Å². The molecule has 0 saturated heterocycles. The average molecular weight is 474 g/mol.